The quantitative estimate of drug-likeness (QED) is 0.812. The highest BCUT2D eigenvalue weighted by molar-refractivity contribution is 8.07. The van der Waals surface area contributed by atoms with Gasteiger partial charge in [-0.3, -0.25) is 0 Å². The zero-order valence-corrected chi connectivity index (χ0v) is 14.0. The van der Waals surface area contributed by atoms with E-state index in [1.165, 1.54) is 48.1 Å². The van der Waals surface area contributed by atoms with Gasteiger partial charge in [0.2, 0.25) is 0 Å². The first kappa shape index (κ1) is 15.1. The van der Waals surface area contributed by atoms with E-state index in [-0.39, 0.29) is 5.54 Å². The van der Waals surface area contributed by atoms with Crippen molar-refractivity contribution in [3.63, 3.8) is 0 Å². The third-order valence-electron chi connectivity index (χ3n) is 4.77. The number of benzene rings is 1. The second-order valence-electron chi connectivity index (χ2n) is 6.30. The minimum atomic E-state index is 0.241. The van der Waals surface area contributed by atoms with Gasteiger partial charge in [0, 0.05) is 11.4 Å². The van der Waals surface area contributed by atoms with Crippen molar-refractivity contribution in [2.45, 2.75) is 51.5 Å². The minimum absolute atomic E-state index is 0.241. The van der Waals surface area contributed by atoms with E-state index in [4.69, 9.17) is 0 Å². The van der Waals surface area contributed by atoms with Gasteiger partial charge in [-0.25, -0.2) is 4.72 Å². The fraction of sp³-hybridized carbons (Fsp3) is 0.556. The Morgan fingerprint density at radius 2 is 1.86 bits per heavy atom. The Morgan fingerprint density at radius 3 is 2.52 bits per heavy atom. The summed E-state index contributed by atoms with van der Waals surface area (Å²) in [5, 5.41) is 3.56. The molecule has 0 atom stereocenters. The molecule has 1 heterocycles. The average Bonchev–Trinajstić information content (AvgIpc) is 2.85. The molecule has 3 heteroatoms. The van der Waals surface area contributed by atoms with Crippen LogP contribution in [0.4, 0.5) is 0 Å². The Labute approximate surface area is 132 Å². The Kier molecular flexibility index (Phi) is 4.72. The molecule has 1 saturated carbocycles. The van der Waals surface area contributed by atoms with Crippen LogP contribution >= 0.6 is 11.9 Å². The number of rotatable bonds is 4. The fourth-order valence-corrected chi connectivity index (χ4v) is 4.76. The number of nitrogens with one attached hydrogen (secondary N) is 2. The molecule has 0 bridgehead atoms. The summed E-state index contributed by atoms with van der Waals surface area (Å²) in [5.41, 5.74) is 4.54. The van der Waals surface area contributed by atoms with Crippen molar-refractivity contribution < 1.29 is 0 Å². The molecule has 3 rings (SSSR count). The van der Waals surface area contributed by atoms with Crippen LogP contribution in [0.3, 0.4) is 0 Å². The predicted molar refractivity (Wildman–Crippen MR) is 93.2 cm³/mol. The topological polar surface area (TPSA) is 24.1 Å². The van der Waals surface area contributed by atoms with Crippen LogP contribution < -0.4 is 10.0 Å². The molecule has 1 aliphatic carbocycles. The predicted octanol–water partition coefficient (Wildman–Crippen LogP) is 4.27. The molecule has 2 nitrogen and oxygen atoms in total. The molecule has 0 radical (unpaired) electrons. The normalized spacial score (nSPS) is 21.2. The average molecular weight is 302 g/mol. The molecule has 0 aromatic heterocycles. The molecule has 21 heavy (non-hydrogen) atoms. The van der Waals surface area contributed by atoms with Gasteiger partial charge in [0.1, 0.15) is 0 Å². The first-order valence-electron chi connectivity index (χ1n) is 8.20. The van der Waals surface area contributed by atoms with Gasteiger partial charge in [-0.2, -0.15) is 0 Å². The van der Waals surface area contributed by atoms with Crippen molar-refractivity contribution in [1.29, 1.82) is 0 Å². The van der Waals surface area contributed by atoms with Gasteiger partial charge in [-0.15, -0.1) is 0 Å². The van der Waals surface area contributed by atoms with Crippen LogP contribution in [-0.2, 0) is 0 Å². The smallest absolute Gasteiger partial charge is 0.0521 e. The summed E-state index contributed by atoms with van der Waals surface area (Å²) in [7, 11) is 0. The van der Waals surface area contributed by atoms with Gasteiger partial charge in [-0.05, 0) is 49.4 Å². The Hall–Kier alpha value is -0.770. The lowest BCUT2D eigenvalue weighted by atomic mass is 9.76. The van der Waals surface area contributed by atoms with E-state index in [2.05, 4.69) is 48.2 Å². The Balaban J connectivity index is 1.96. The standard InChI is InChI=1S/C18H26N2S/c1-3-19-13-16-17(15-9-7-14(2)8-10-15)21-20-18(16)11-5-4-6-12-18/h7-10,19-20H,3-6,11-13H2,1-2H3. The van der Waals surface area contributed by atoms with Crippen LogP contribution in [0.2, 0.25) is 0 Å². The van der Waals surface area contributed by atoms with Gasteiger partial charge < -0.3 is 5.32 Å². The monoisotopic (exact) mass is 302 g/mol. The second kappa shape index (κ2) is 6.55. The molecule has 1 aliphatic heterocycles. The summed E-state index contributed by atoms with van der Waals surface area (Å²) >= 11 is 1.85. The molecule has 1 aromatic carbocycles. The SMILES string of the molecule is CCNCC1=C(c2ccc(C)cc2)SNC12CCCCC2. The highest BCUT2D eigenvalue weighted by Gasteiger charge is 2.41. The Morgan fingerprint density at radius 1 is 1.14 bits per heavy atom. The van der Waals surface area contributed by atoms with Crippen molar-refractivity contribution in [2.24, 2.45) is 0 Å². The third kappa shape index (κ3) is 3.05. The van der Waals surface area contributed by atoms with Crippen LogP contribution in [0.5, 0.6) is 0 Å². The van der Waals surface area contributed by atoms with Crippen LogP contribution in [-0.4, -0.2) is 18.6 Å². The van der Waals surface area contributed by atoms with E-state index in [1.54, 1.807) is 5.57 Å². The fourth-order valence-electron chi connectivity index (χ4n) is 3.49. The molecule has 0 amide bonds. The van der Waals surface area contributed by atoms with E-state index in [0.29, 0.717) is 0 Å². The highest BCUT2D eigenvalue weighted by Crippen LogP contribution is 2.47. The second-order valence-corrected chi connectivity index (χ2v) is 7.12. The maximum atomic E-state index is 3.80. The molecule has 2 aliphatic rings. The van der Waals surface area contributed by atoms with Gasteiger partial charge >= 0.3 is 0 Å². The van der Waals surface area contributed by atoms with Crippen molar-refractivity contribution in [3.8, 4) is 0 Å². The van der Waals surface area contributed by atoms with Gasteiger partial charge in [0.25, 0.3) is 0 Å². The minimum Gasteiger partial charge on any atom is -0.313 e. The van der Waals surface area contributed by atoms with Gasteiger partial charge in [0.15, 0.2) is 0 Å². The summed E-state index contributed by atoms with van der Waals surface area (Å²) in [6, 6.07) is 8.99. The molecule has 1 aromatic rings. The molecule has 0 unspecified atom stereocenters. The largest absolute Gasteiger partial charge is 0.313 e. The van der Waals surface area contributed by atoms with Crippen molar-refractivity contribution in [3.05, 3.63) is 41.0 Å². The molecular weight excluding hydrogens is 276 g/mol. The lowest BCUT2D eigenvalue weighted by molar-refractivity contribution is 0.321. The van der Waals surface area contributed by atoms with Crippen LogP contribution in [0, 0.1) is 6.92 Å². The zero-order valence-electron chi connectivity index (χ0n) is 13.2. The van der Waals surface area contributed by atoms with Crippen molar-refractivity contribution in [2.75, 3.05) is 13.1 Å². The molecular formula is C18H26N2S. The van der Waals surface area contributed by atoms with Gasteiger partial charge in [0.05, 0.1) is 5.54 Å². The van der Waals surface area contributed by atoms with E-state index in [1.807, 2.05) is 11.9 Å². The molecule has 0 saturated heterocycles. The van der Waals surface area contributed by atoms with Gasteiger partial charge in [-0.1, -0.05) is 56.0 Å². The van der Waals surface area contributed by atoms with Crippen LogP contribution in [0.1, 0.15) is 50.2 Å². The number of hydrogen-bond donors (Lipinski definition) is 2. The highest BCUT2D eigenvalue weighted by atomic mass is 32.2. The third-order valence-corrected chi connectivity index (χ3v) is 5.95. The summed E-state index contributed by atoms with van der Waals surface area (Å²) in [4.78, 5) is 1.46. The molecule has 2 N–H and O–H groups in total. The summed E-state index contributed by atoms with van der Waals surface area (Å²) in [5.74, 6) is 0. The maximum Gasteiger partial charge on any atom is 0.0521 e. The summed E-state index contributed by atoms with van der Waals surface area (Å²) in [6.45, 7) is 6.39. The molecule has 1 fully saturated rings. The van der Waals surface area contributed by atoms with Crippen molar-refractivity contribution in [1.82, 2.24) is 10.0 Å². The van der Waals surface area contributed by atoms with E-state index >= 15 is 0 Å². The summed E-state index contributed by atoms with van der Waals surface area (Å²) < 4.78 is 3.80. The van der Waals surface area contributed by atoms with Crippen LogP contribution in [0.15, 0.2) is 29.8 Å². The van der Waals surface area contributed by atoms with E-state index in [9.17, 15) is 0 Å². The van der Waals surface area contributed by atoms with Crippen molar-refractivity contribution >= 4 is 16.9 Å². The first-order valence-corrected chi connectivity index (χ1v) is 9.02. The molecule has 114 valence electrons. The first-order chi connectivity index (χ1) is 10.2. The number of aryl methyl sites for hydroxylation is 1. The lowest BCUT2D eigenvalue weighted by Gasteiger charge is -2.36. The maximum absolute atomic E-state index is 3.80. The van der Waals surface area contributed by atoms with E-state index in [0.717, 1.165) is 13.1 Å². The van der Waals surface area contributed by atoms with Crippen LogP contribution in [0.25, 0.3) is 4.91 Å². The van der Waals surface area contributed by atoms with E-state index < -0.39 is 0 Å². The zero-order chi connectivity index (χ0) is 14.7. The number of hydrogen-bond acceptors (Lipinski definition) is 3. The Bertz CT molecular complexity index is 513. The summed E-state index contributed by atoms with van der Waals surface area (Å²) in [6.07, 6.45) is 6.67. The lowest BCUT2D eigenvalue weighted by Crippen LogP contribution is -2.44. The molecule has 1 spiro atoms. The number of likely N-dealkylation sites (N-methyl/N-ethyl adjacent to an activating group) is 1.